The molecule has 4 rings (SSSR count). The molecule has 0 aliphatic carbocycles. The topological polar surface area (TPSA) is 84.8 Å². The molecule has 41 heavy (non-hydrogen) atoms. The first-order valence-corrected chi connectivity index (χ1v) is 14.3. The first-order valence-electron chi connectivity index (χ1n) is 13.9. The molecule has 1 aliphatic heterocycles. The first kappa shape index (κ1) is 30.7. The van der Waals surface area contributed by atoms with Crippen LogP contribution in [0.4, 0.5) is 10.1 Å². The number of carboxylic acid groups (broad SMARTS) is 1. The average molecular weight is 584 g/mol. The van der Waals surface area contributed by atoms with Crippen LogP contribution < -0.4 is 9.64 Å². The lowest BCUT2D eigenvalue weighted by atomic mass is 9.82. The summed E-state index contributed by atoms with van der Waals surface area (Å²) in [6, 6.07) is 8.80. The molecule has 0 saturated carbocycles. The van der Waals surface area contributed by atoms with E-state index in [2.05, 4.69) is 28.7 Å². The summed E-state index contributed by atoms with van der Waals surface area (Å²) in [4.78, 5) is 23.6. The highest BCUT2D eigenvalue weighted by Crippen LogP contribution is 2.43. The molecule has 0 amide bonds. The number of ether oxygens (including phenoxy) is 2. The predicted octanol–water partition coefficient (Wildman–Crippen LogP) is 7.43. The standard InChI is InChI=1S/C32H39ClFN3O4/c1-20-26(28(30(38)39)41-31(2,3)4)27(37-13-11-32(5,6)12-14-37)24(19-35-20)22-17-25(34)29(36-18-22)40-15-10-21-8-7-9-23(33)16-21/h7-9,16-19,28H,10-15H2,1-6H3,(H,38,39). The van der Waals surface area contributed by atoms with Gasteiger partial charge in [-0.05, 0) is 69.7 Å². The van der Waals surface area contributed by atoms with Gasteiger partial charge in [-0.2, -0.15) is 0 Å². The summed E-state index contributed by atoms with van der Waals surface area (Å²) in [6.07, 6.45) is 4.37. The quantitative estimate of drug-likeness (QED) is 0.280. The van der Waals surface area contributed by atoms with Crippen molar-refractivity contribution < 1.29 is 23.8 Å². The van der Waals surface area contributed by atoms with E-state index in [4.69, 9.17) is 21.1 Å². The fourth-order valence-corrected chi connectivity index (χ4v) is 5.25. The summed E-state index contributed by atoms with van der Waals surface area (Å²) in [5.41, 5.74) is 3.25. The Bertz CT molecular complexity index is 1400. The Morgan fingerprint density at radius 2 is 1.88 bits per heavy atom. The number of piperidine rings is 1. The number of pyridine rings is 2. The van der Waals surface area contributed by atoms with Gasteiger partial charge in [0.15, 0.2) is 11.9 Å². The van der Waals surface area contributed by atoms with Crippen molar-refractivity contribution in [3.8, 4) is 17.0 Å². The lowest BCUT2D eigenvalue weighted by molar-refractivity contribution is -0.160. The van der Waals surface area contributed by atoms with Gasteiger partial charge < -0.3 is 19.5 Å². The molecule has 1 fully saturated rings. The zero-order valence-electron chi connectivity index (χ0n) is 24.6. The van der Waals surface area contributed by atoms with E-state index in [1.54, 1.807) is 25.4 Å². The van der Waals surface area contributed by atoms with Crippen molar-refractivity contribution in [3.63, 3.8) is 0 Å². The fraction of sp³-hybridized carbons (Fsp3) is 0.469. The van der Waals surface area contributed by atoms with Gasteiger partial charge in [-0.25, -0.2) is 14.2 Å². The van der Waals surface area contributed by atoms with Crippen molar-refractivity contribution in [2.45, 2.75) is 72.5 Å². The van der Waals surface area contributed by atoms with E-state index in [1.165, 1.54) is 6.07 Å². The smallest absolute Gasteiger partial charge is 0.337 e. The molecule has 1 atom stereocenters. The minimum Gasteiger partial charge on any atom is -0.479 e. The van der Waals surface area contributed by atoms with Gasteiger partial charge in [0, 0.05) is 59.3 Å². The number of aromatic nitrogens is 2. The number of carboxylic acids is 1. The zero-order valence-corrected chi connectivity index (χ0v) is 25.4. The highest BCUT2D eigenvalue weighted by molar-refractivity contribution is 6.30. The molecule has 220 valence electrons. The van der Waals surface area contributed by atoms with Crippen molar-refractivity contribution in [1.82, 2.24) is 9.97 Å². The second-order valence-electron chi connectivity index (χ2n) is 12.4. The van der Waals surface area contributed by atoms with Gasteiger partial charge in [0.05, 0.1) is 17.9 Å². The Hall–Kier alpha value is -3.23. The maximum atomic E-state index is 15.3. The molecule has 3 aromatic rings. The summed E-state index contributed by atoms with van der Waals surface area (Å²) in [5, 5.41) is 10.9. The van der Waals surface area contributed by atoms with Gasteiger partial charge >= 0.3 is 5.97 Å². The Morgan fingerprint density at radius 1 is 1.17 bits per heavy atom. The van der Waals surface area contributed by atoms with Crippen molar-refractivity contribution in [2.75, 3.05) is 24.6 Å². The Kier molecular flexibility index (Phi) is 9.24. The number of aliphatic carboxylic acids is 1. The zero-order chi connectivity index (χ0) is 29.9. The summed E-state index contributed by atoms with van der Waals surface area (Å²) < 4.78 is 27.1. The van der Waals surface area contributed by atoms with Crippen LogP contribution in [-0.2, 0) is 16.0 Å². The van der Waals surface area contributed by atoms with Crippen LogP contribution in [0.3, 0.4) is 0 Å². The van der Waals surface area contributed by atoms with E-state index in [9.17, 15) is 9.90 Å². The van der Waals surface area contributed by atoms with E-state index in [1.807, 2.05) is 39.0 Å². The molecule has 1 aliphatic rings. The Labute approximate surface area is 246 Å². The Balaban J connectivity index is 1.72. The molecular formula is C32H39ClFN3O4. The molecule has 0 bridgehead atoms. The lowest BCUT2D eigenvalue weighted by Gasteiger charge is -2.40. The summed E-state index contributed by atoms with van der Waals surface area (Å²) in [5.74, 6) is -1.81. The predicted molar refractivity (Wildman–Crippen MR) is 159 cm³/mol. The molecule has 0 spiro atoms. The number of anilines is 1. The highest BCUT2D eigenvalue weighted by Gasteiger charge is 2.36. The molecule has 9 heteroatoms. The largest absolute Gasteiger partial charge is 0.479 e. The molecule has 0 radical (unpaired) electrons. The summed E-state index contributed by atoms with van der Waals surface area (Å²) >= 11 is 6.05. The van der Waals surface area contributed by atoms with Crippen LogP contribution in [0.2, 0.25) is 5.02 Å². The van der Waals surface area contributed by atoms with Crippen LogP contribution in [0.25, 0.3) is 11.1 Å². The van der Waals surface area contributed by atoms with Gasteiger partial charge in [0.2, 0.25) is 5.88 Å². The van der Waals surface area contributed by atoms with E-state index < -0.39 is 23.5 Å². The van der Waals surface area contributed by atoms with Gasteiger partial charge in [0.1, 0.15) is 0 Å². The number of halogens is 2. The first-order chi connectivity index (χ1) is 19.2. The van der Waals surface area contributed by atoms with Crippen molar-refractivity contribution in [1.29, 1.82) is 0 Å². The molecular weight excluding hydrogens is 545 g/mol. The van der Waals surface area contributed by atoms with Crippen molar-refractivity contribution in [2.24, 2.45) is 5.41 Å². The molecule has 1 unspecified atom stereocenters. The van der Waals surface area contributed by atoms with Crippen molar-refractivity contribution >= 4 is 23.3 Å². The van der Waals surface area contributed by atoms with Gasteiger partial charge in [-0.1, -0.05) is 37.6 Å². The molecule has 1 N–H and O–H groups in total. The van der Waals surface area contributed by atoms with Crippen molar-refractivity contribution in [3.05, 3.63) is 70.4 Å². The number of hydrogen-bond acceptors (Lipinski definition) is 6. The van der Waals surface area contributed by atoms with E-state index in [-0.39, 0.29) is 17.9 Å². The molecule has 1 saturated heterocycles. The van der Waals surface area contributed by atoms with Gasteiger partial charge in [-0.15, -0.1) is 0 Å². The minimum atomic E-state index is -1.25. The highest BCUT2D eigenvalue weighted by atomic mass is 35.5. The van der Waals surface area contributed by atoms with E-state index >= 15 is 4.39 Å². The normalized spacial score (nSPS) is 16.0. The number of benzene rings is 1. The van der Waals surface area contributed by atoms with Crippen LogP contribution in [0.15, 0.2) is 42.7 Å². The van der Waals surface area contributed by atoms with Crippen LogP contribution in [0, 0.1) is 18.2 Å². The van der Waals surface area contributed by atoms with Gasteiger partial charge in [-0.3, -0.25) is 4.98 Å². The number of nitrogens with zero attached hydrogens (tertiary/aromatic N) is 3. The lowest BCUT2D eigenvalue weighted by Crippen LogP contribution is -2.39. The van der Waals surface area contributed by atoms with E-state index in [0.29, 0.717) is 39.5 Å². The maximum Gasteiger partial charge on any atom is 0.337 e. The van der Waals surface area contributed by atoms with Crippen LogP contribution >= 0.6 is 11.6 Å². The SMILES string of the molecule is Cc1ncc(-c2cnc(OCCc3cccc(Cl)c3)c(F)c2)c(N2CCC(C)(C)CC2)c1C(OC(C)(C)C)C(=O)O. The van der Waals surface area contributed by atoms with Gasteiger partial charge in [0.25, 0.3) is 0 Å². The number of hydrogen-bond donors (Lipinski definition) is 1. The van der Waals surface area contributed by atoms with Crippen LogP contribution in [0.1, 0.15) is 70.4 Å². The third-order valence-corrected chi connectivity index (χ3v) is 7.55. The second-order valence-corrected chi connectivity index (χ2v) is 12.8. The molecule has 7 nitrogen and oxygen atoms in total. The Morgan fingerprint density at radius 3 is 2.49 bits per heavy atom. The number of aryl methyl sites for hydroxylation is 1. The molecule has 2 aromatic heterocycles. The third kappa shape index (κ3) is 7.74. The molecule has 3 heterocycles. The monoisotopic (exact) mass is 583 g/mol. The minimum absolute atomic E-state index is 0.100. The third-order valence-electron chi connectivity index (χ3n) is 7.32. The number of carbonyl (C=O) groups is 1. The molecule has 1 aromatic carbocycles. The van der Waals surface area contributed by atoms with Crippen LogP contribution in [-0.4, -0.2) is 46.3 Å². The number of rotatable bonds is 9. The summed E-state index contributed by atoms with van der Waals surface area (Å²) in [7, 11) is 0. The maximum absolute atomic E-state index is 15.3. The van der Waals surface area contributed by atoms with E-state index in [0.717, 1.165) is 31.5 Å². The van der Waals surface area contributed by atoms with Crippen LogP contribution in [0.5, 0.6) is 5.88 Å². The summed E-state index contributed by atoms with van der Waals surface area (Å²) in [6.45, 7) is 13.4. The average Bonchev–Trinajstić information content (AvgIpc) is 2.88. The second kappa shape index (κ2) is 12.3. The fourth-order valence-electron chi connectivity index (χ4n) is 5.03.